The highest BCUT2D eigenvalue weighted by molar-refractivity contribution is 6.07. The molecule has 0 radical (unpaired) electrons. The van der Waals surface area contributed by atoms with E-state index in [1.54, 1.807) is 12.1 Å². The van der Waals surface area contributed by atoms with E-state index in [-0.39, 0.29) is 13.2 Å². The Kier molecular flexibility index (Phi) is 6.32. The van der Waals surface area contributed by atoms with Crippen molar-refractivity contribution in [3.8, 4) is 0 Å². The number of carbonyl (C=O) groups excluding carboxylic acids is 4. The minimum absolute atomic E-state index is 0.0137. The van der Waals surface area contributed by atoms with Gasteiger partial charge in [0.1, 0.15) is 18.2 Å². The second-order valence-corrected chi connectivity index (χ2v) is 6.96. The van der Waals surface area contributed by atoms with Crippen molar-refractivity contribution >= 4 is 24.0 Å². The van der Waals surface area contributed by atoms with Gasteiger partial charge in [0.05, 0.1) is 13.7 Å². The number of nitrogens with zero attached hydrogens (tertiary/aromatic N) is 1. The smallest absolute Gasteiger partial charge is 0.408 e. The summed E-state index contributed by atoms with van der Waals surface area (Å²) < 4.78 is 9.82. The molecule has 3 N–H and O–H groups in total. The monoisotopic (exact) mass is 404 g/mol. The van der Waals surface area contributed by atoms with Gasteiger partial charge in [-0.3, -0.25) is 9.69 Å². The highest BCUT2D eigenvalue weighted by Gasteiger charge is 2.52. The van der Waals surface area contributed by atoms with Crippen molar-refractivity contribution in [3.05, 3.63) is 35.9 Å². The van der Waals surface area contributed by atoms with Crippen molar-refractivity contribution < 1.29 is 28.7 Å². The normalized spacial score (nSPS) is 18.9. The highest BCUT2D eigenvalue weighted by Crippen LogP contribution is 2.27. The molecular weight excluding hydrogens is 380 g/mol. The van der Waals surface area contributed by atoms with E-state index in [1.165, 1.54) is 0 Å². The third kappa shape index (κ3) is 4.65. The Labute approximate surface area is 167 Å². The van der Waals surface area contributed by atoms with Gasteiger partial charge in [0.15, 0.2) is 0 Å². The zero-order valence-electron chi connectivity index (χ0n) is 16.1. The Morgan fingerprint density at radius 3 is 2.55 bits per heavy atom. The number of urea groups is 1. The van der Waals surface area contributed by atoms with E-state index in [4.69, 9.17) is 9.47 Å². The first-order chi connectivity index (χ1) is 13.9. The summed E-state index contributed by atoms with van der Waals surface area (Å²) in [5, 5.41) is 8.25. The lowest BCUT2D eigenvalue weighted by molar-refractivity contribution is -0.144. The van der Waals surface area contributed by atoms with Crippen molar-refractivity contribution in [1.82, 2.24) is 20.9 Å². The van der Waals surface area contributed by atoms with Crippen LogP contribution in [0.25, 0.3) is 0 Å². The van der Waals surface area contributed by atoms with Crippen LogP contribution in [0, 0.1) is 0 Å². The van der Waals surface area contributed by atoms with Crippen LogP contribution in [0.15, 0.2) is 30.3 Å². The number of imide groups is 1. The van der Waals surface area contributed by atoms with Crippen LogP contribution in [0.4, 0.5) is 9.59 Å². The molecule has 4 amide bonds. The molecule has 2 aliphatic rings. The van der Waals surface area contributed by atoms with Crippen molar-refractivity contribution in [3.63, 3.8) is 0 Å². The van der Waals surface area contributed by atoms with Crippen LogP contribution < -0.4 is 16.0 Å². The summed E-state index contributed by atoms with van der Waals surface area (Å²) in [6.45, 7) is 0.876. The van der Waals surface area contributed by atoms with E-state index in [0.29, 0.717) is 25.9 Å². The predicted octanol–water partition coefficient (Wildman–Crippen LogP) is 0.128. The molecule has 3 rings (SSSR count). The van der Waals surface area contributed by atoms with Crippen molar-refractivity contribution in [2.24, 2.45) is 0 Å². The molecule has 2 saturated heterocycles. The van der Waals surface area contributed by atoms with E-state index in [1.807, 2.05) is 18.2 Å². The first kappa shape index (κ1) is 20.6. The quantitative estimate of drug-likeness (QED) is 0.454. The minimum atomic E-state index is -1.24. The Morgan fingerprint density at radius 1 is 1.21 bits per heavy atom. The third-order valence-electron chi connectivity index (χ3n) is 5.06. The Bertz CT molecular complexity index is 778. The number of piperidine rings is 1. The molecule has 0 aromatic heterocycles. The number of hydrogen-bond donors (Lipinski definition) is 3. The van der Waals surface area contributed by atoms with Crippen LogP contribution >= 0.6 is 0 Å². The molecule has 2 aliphatic heterocycles. The van der Waals surface area contributed by atoms with Gasteiger partial charge in [-0.25, -0.2) is 14.4 Å². The number of carbonyl (C=O) groups is 4. The lowest BCUT2D eigenvalue weighted by atomic mass is 9.88. The molecular formula is C19H24N4O6. The van der Waals surface area contributed by atoms with Gasteiger partial charge in [-0.05, 0) is 31.5 Å². The molecule has 1 spiro atoms. The Balaban J connectivity index is 1.63. The lowest BCUT2D eigenvalue weighted by Crippen LogP contribution is -2.55. The summed E-state index contributed by atoms with van der Waals surface area (Å²) in [5.74, 6) is -1.19. The zero-order chi connectivity index (χ0) is 20.9. The number of benzene rings is 1. The number of rotatable bonds is 6. The molecule has 10 heteroatoms. The molecule has 156 valence electrons. The van der Waals surface area contributed by atoms with E-state index in [0.717, 1.165) is 17.6 Å². The Morgan fingerprint density at radius 2 is 1.90 bits per heavy atom. The van der Waals surface area contributed by atoms with Crippen molar-refractivity contribution in [1.29, 1.82) is 0 Å². The molecule has 29 heavy (non-hydrogen) atoms. The fraction of sp³-hybridized carbons (Fsp3) is 0.474. The minimum Gasteiger partial charge on any atom is -0.467 e. The van der Waals surface area contributed by atoms with Crippen LogP contribution in [0.1, 0.15) is 18.4 Å². The molecule has 0 bridgehead atoms. The second-order valence-electron chi connectivity index (χ2n) is 6.96. The SMILES string of the molecule is COC(=O)[C@H](CN1C(=O)NC2(CCNCC2)C1=O)NC(=O)OCc1ccccc1. The summed E-state index contributed by atoms with van der Waals surface area (Å²) in [5.41, 5.74) is -0.184. The van der Waals surface area contributed by atoms with E-state index >= 15 is 0 Å². The molecule has 2 fully saturated rings. The van der Waals surface area contributed by atoms with Gasteiger partial charge in [0.2, 0.25) is 0 Å². The molecule has 10 nitrogen and oxygen atoms in total. The maximum atomic E-state index is 12.9. The van der Waals surface area contributed by atoms with Gasteiger partial charge in [-0.15, -0.1) is 0 Å². The van der Waals surface area contributed by atoms with E-state index < -0.39 is 35.6 Å². The summed E-state index contributed by atoms with van der Waals surface area (Å²) in [7, 11) is 1.16. The van der Waals surface area contributed by atoms with E-state index in [2.05, 4.69) is 16.0 Å². The van der Waals surface area contributed by atoms with Crippen LogP contribution in [0.5, 0.6) is 0 Å². The predicted molar refractivity (Wildman–Crippen MR) is 101 cm³/mol. The van der Waals surface area contributed by atoms with Crippen LogP contribution in [-0.4, -0.2) is 67.2 Å². The molecule has 0 unspecified atom stereocenters. The molecule has 0 aliphatic carbocycles. The second kappa shape index (κ2) is 8.91. The molecule has 0 saturated carbocycles. The fourth-order valence-corrected chi connectivity index (χ4v) is 3.45. The van der Waals surface area contributed by atoms with Crippen LogP contribution in [0.3, 0.4) is 0 Å². The number of hydrogen-bond acceptors (Lipinski definition) is 7. The highest BCUT2D eigenvalue weighted by atomic mass is 16.6. The average molecular weight is 404 g/mol. The molecule has 1 atom stereocenters. The maximum absolute atomic E-state index is 12.9. The van der Waals surface area contributed by atoms with Gasteiger partial charge in [0.25, 0.3) is 5.91 Å². The van der Waals surface area contributed by atoms with Gasteiger partial charge in [-0.1, -0.05) is 30.3 Å². The molecule has 2 heterocycles. The molecule has 1 aromatic carbocycles. The summed E-state index contributed by atoms with van der Waals surface area (Å²) in [6.07, 6.45) is 0.0698. The standard InChI is InChI=1S/C19H24N4O6/c1-28-15(24)14(21-18(27)29-12-13-5-3-2-4-6-13)11-23-16(25)19(22-17(23)26)7-9-20-10-8-19/h2-6,14,20H,7-12H2,1H3,(H,21,27)(H,22,26)/t14-/m0/s1. The topological polar surface area (TPSA) is 126 Å². The Hall–Kier alpha value is -3.14. The van der Waals surface area contributed by atoms with Gasteiger partial charge in [-0.2, -0.15) is 0 Å². The van der Waals surface area contributed by atoms with Crippen LogP contribution in [0.2, 0.25) is 0 Å². The van der Waals surface area contributed by atoms with Gasteiger partial charge >= 0.3 is 18.1 Å². The van der Waals surface area contributed by atoms with Crippen LogP contribution in [-0.2, 0) is 25.7 Å². The van der Waals surface area contributed by atoms with Gasteiger partial charge < -0.3 is 25.4 Å². The fourth-order valence-electron chi connectivity index (χ4n) is 3.45. The average Bonchev–Trinajstić information content (AvgIpc) is 2.96. The number of alkyl carbamates (subject to hydrolysis) is 1. The number of methoxy groups -OCH3 is 1. The number of nitrogens with one attached hydrogen (secondary N) is 3. The first-order valence-corrected chi connectivity index (χ1v) is 9.35. The van der Waals surface area contributed by atoms with E-state index in [9.17, 15) is 19.2 Å². The van der Waals surface area contributed by atoms with Gasteiger partial charge in [0, 0.05) is 0 Å². The van der Waals surface area contributed by atoms with Crippen molar-refractivity contribution in [2.45, 2.75) is 31.0 Å². The van der Waals surface area contributed by atoms with Crippen molar-refractivity contribution in [2.75, 3.05) is 26.7 Å². The number of amides is 4. The zero-order valence-corrected chi connectivity index (χ0v) is 16.1. The first-order valence-electron chi connectivity index (χ1n) is 9.35. The largest absolute Gasteiger partial charge is 0.467 e. The molecule has 1 aromatic rings. The number of esters is 1. The lowest BCUT2D eigenvalue weighted by Gasteiger charge is -2.31. The maximum Gasteiger partial charge on any atom is 0.408 e. The summed E-state index contributed by atoms with van der Waals surface area (Å²) in [4.78, 5) is 50.4. The number of ether oxygens (including phenoxy) is 2. The summed E-state index contributed by atoms with van der Waals surface area (Å²) >= 11 is 0. The summed E-state index contributed by atoms with van der Waals surface area (Å²) in [6, 6.07) is 7.20. The third-order valence-corrected chi connectivity index (χ3v) is 5.06.